The number of nitrogens with one attached hydrogen (secondary N) is 4. The van der Waals surface area contributed by atoms with Crippen LogP contribution in [0.5, 0.6) is 5.75 Å². The first kappa shape index (κ1) is 44.7. The highest BCUT2D eigenvalue weighted by molar-refractivity contribution is 7.90. The fraction of sp³-hybridized carbons (Fsp3) is 0.357. The summed E-state index contributed by atoms with van der Waals surface area (Å²) in [6.07, 6.45) is 3.01. The van der Waals surface area contributed by atoms with Crippen molar-refractivity contribution >= 4 is 44.7 Å². The lowest BCUT2D eigenvalue weighted by Crippen LogP contribution is -2.56. The molecule has 1 aliphatic carbocycles. The molecular weight excluding hydrogens is 765 g/mol. The standard InChI is InChI=1S/C16H13NO2.C14H26N4O4.C12H13NO3S/c1-19-12-7-8-13-15(9-12)17-14(10-16(13)18)11-5-3-2-4-6-11;1-14(2,3)22-13(21)17-9(8-15)12(20)18-7-5-6-10(18)11(19)16-4;1-2-9-8-11(9)12(14)13-17(15,16)10-6-4-3-5-7-10/h2-10H,1H3,(H,17,18);9-10H,5-8,15H2,1-4H3,(H,16,19)(H,17,21);2-7,9,11H,1,8H2,(H,13,14). The number of likely N-dealkylation sites (tertiary alicyclic amines) is 1. The van der Waals surface area contributed by atoms with Crippen molar-refractivity contribution in [2.24, 2.45) is 17.6 Å². The molecule has 4 atom stereocenters. The summed E-state index contributed by atoms with van der Waals surface area (Å²) in [4.78, 5) is 64.7. The van der Waals surface area contributed by atoms with E-state index in [1.807, 2.05) is 36.4 Å². The highest BCUT2D eigenvalue weighted by atomic mass is 32.2. The van der Waals surface area contributed by atoms with Gasteiger partial charge in [0.05, 0.1) is 17.5 Å². The van der Waals surface area contributed by atoms with Crippen molar-refractivity contribution in [3.63, 3.8) is 0 Å². The van der Waals surface area contributed by atoms with Crippen LogP contribution in [-0.2, 0) is 29.1 Å². The maximum absolute atomic E-state index is 12.5. The van der Waals surface area contributed by atoms with Crippen LogP contribution in [-0.4, -0.2) is 87.0 Å². The molecule has 0 radical (unpaired) electrons. The van der Waals surface area contributed by atoms with Crippen molar-refractivity contribution in [3.8, 4) is 17.0 Å². The van der Waals surface area contributed by atoms with Crippen LogP contribution in [0.2, 0.25) is 0 Å². The lowest BCUT2D eigenvalue weighted by Gasteiger charge is -2.28. The smallest absolute Gasteiger partial charge is 0.408 e. The number of rotatable bonds is 10. The summed E-state index contributed by atoms with van der Waals surface area (Å²) in [7, 11) is -0.588. The summed E-state index contributed by atoms with van der Waals surface area (Å²) < 4.78 is 36.0. The Bertz CT molecular complexity index is 2240. The van der Waals surface area contributed by atoms with E-state index in [1.165, 1.54) is 24.1 Å². The number of nitrogens with zero attached hydrogens (tertiary/aromatic N) is 1. The Morgan fingerprint density at radius 3 is 2.22 bits per heavy atom. The van der Waals surface area contributed by atoms with E-state index in [1.54, 1.807) is 70.4 Å². The highest BCUT2D eigenvalue weighted by Gasteiger charge is 2.42. The monoisotopic (exact) mass is 816 g/mol. The normalized spacial score (nSPS) is 17.6. The van der Waals surface area contributed by atoms with Crippen LogP contribution in [0, 0.1) is 11.8 Å². The van der Waals surface area contributed by atoms with Crippen LogP contribution in [0.15, 0.2) is 107 Å². The predicted molar refractivity (Wildman–Crippen MR) is 221 cm³/mol. The van der Waals surface area contributed by atoms with Crippen LogP contribution in [0.25, 0.3) is 22.2 Å². The minimum absolute atomic E-state index is 0.00950. The Morgan fingerprint density at radius 1 is 1.00 bits per heavy atom. The molecule has 58 heavy (non-hydrogen) atoms. The first-order valence-corrected chi connectivity index (χ1v) is 20.2. The number of alkyl carbamates (subject to hydrolysis) is 1. The van der Waals surface area contributed by atoms with Crippen molar-refractivity contribution < 1.29 is 37.1 Å². The molecule has 4 amide bonds. The zero-order chi connectivity index (χ0) is 42.6. The number of likely N-dealkylation sites (N-methyl/N-ethyl adjacent to an activating group) is 1. The summed E-state index contributed by atoms with van der Waals surface area (Å²) in [5.41, 5.74) is 7.52. The van der Waals surface area contributed by atoms with E-state index in [2.05, 4.69) is 26.9 Å². The number of H-pyrrole nitrogens is 1. The molecular formula is C42H52N6O9S. The Labute approximate surface area is 338 Å². The number of pyridine rings is 1. The Kier molecular flexibility index (Phi) is 15.4. The summed E-state index contributed by atoms with van der Waals surface area (Å²) in [6.45, 7) is 9.19. The van der Waals surface area contributed by atoms with Gasteiger partial charge in [-0.05, 0) is 75.8 Å². The van der Waals surface area contributed by atoms with Gasteiger partial charge in [0.1, 0.15) is 23.4 Å². The molecule has 0 bridgehead atoms. The van der Waals surface area contributed by atoms with Gasteiger partial charge in [-0.25, -0.2) is 17.9 Å². The molecule has 1 aliphatic heterocycles. The third-order valence-corrected chi connectivity index (χ3v) is 10.6. The second-order valence-electron chi connectivity index (χ2n) is 14.6. The summed E-state index contributed by atoms with van der Waals surface area (Å²) in [5, 5.41) is 5.68. The summed E-state index contributed by atoms with van der Waals surface area (Å²) in [5.74, 6) is -0.419. The molecule has 3 aromatic carbocycles. The number of nitrogens with two attached hydrogens (primary N) is 1. The molecule has 15 nitrogen and oxygen atoms in total. The number of hydrogen-bond acceptors (Lipinski definition) is 10. The van der Waals surface area contributed by atoms with Crippen molar-refractivity contribution in [1.29, 1.82) is 0 Å². The molecule has 16 heteroatoms. The summed E-state index contributed by atoms with van der Waals surface area (Å²) >= 11 is 0. The van der Waals surface area contributed by atoms with Gasteiger partial charge in [-0.2, -0.15) is 0 Å². The number of aromatic amines is 1. The number of carbonyl (C=O) groups is 4. The van der Waals surface area contributed by atoms with E-state index in [-0.39, 0.29) is 40.5 Å². The topological polar surface area (TPSA) is 219 Å². The molecule has 2 heterocycles. The largest absolute Gasteiger partial charge is 0.497 e. The zero-order valence-electron chi connectivity index (χ0n) is 33.3. The van der Waals surface area contributed by atoms with Crippen LogP contribution >= 0.6 is 0 Å². The number of carbonyl (C=O) groups excluding carboxylic acids is 4. The van der Waals surface area contributed by atoms with Gasteiger partial charge in [0.25, 0.3) is 10.0 Å². The molecule has 1 saturated carbocycles. The van der Waals surface area contributed by atoms with Crippen molar-refractivity contribution in [1.82, 2.24) is 25.2 Å². The third-order valence-electron chi connectivity index (χ3n) is 9.20. The summed E-state index contributed by atoms with van der Waals surface area (Å²) in [6, 6.07) is 23.3. The Morgan fingerprint density at radius 2 is 1.66 bits per heavy atom. The van der Waals surface area contributed by atoms with Gasteiger partial charge in [0.2, 0.25) is 17.7 Å². The molecule has 0 spiro atoms. The second kappa shape index (κ2) is 19.9. The molecule has 6 N–H and O–H groups in total. The maximum Gasteiger partial charge on any atom is 0.408 e. The number of fused-ring (bicyclic) bond motifs is 1. The number of ether oxygens (including phenoxy) is 2. The minimum Gasteiger partial charge on any atom is -0.497 e. The van der Waals surface area contributed by atoms with E-state index < -0.39 is 39.7 Å². The van der Waals surface area contributed by atoms with Gasteiger partial charge in [-0.1, -0.05) is 54.6 Å². The number of allylic oxidation sites excluding steroid dienone is 1. The molecule has 310 valence electrons. The first-order chi connectivity index (χ1) is 27.5. The van der Waals surface area contributed by atoms with E-state index in [0.717, 1.165) is 28.9 Å². The van der Waals surface area contributed by atoms with Gasteiger partial charge in [0.15, 0.2) is 5.43 Å². The SMILES string of the molecule is C=CC1CC1C(=O)NS(=O)(=O)c1ccccc1.CNC(=O)C1CCCN1C(=O)C(CN)NC(=O)OC(C)(C)C.COc1ccc2c(=O)cc(-c3ccccc3)[nH]c2c1. The number of methoxy groups -OCH3 is 1. The minimum atomic E-state index is -3.73. The molecule has 1 saturated heterocycles. The fourth-order valence-corrected chi connectivity index (χ4v) is 7.17. The number of aromatic nitrogens is 1. The van der Waals surface area contributed by atoms with Gasteiger partial charge < -0.3 is 35.7 Å². The first-order valence-electron chi connectivity index (χ1n) is 18.7. The molecule has 6 rings (SSSR count). The average Bonchev–Trinajstić information content (AvgIpc) is 3.85. The van der Waals surface area contributed by atoms with Crippen LogP contribution in [0.1, 0.15) is 40.0 Å². The third kappa shape index (κ3) is 12.2. The predicted octanol–water partition coefficient (Wildman–Crippen LogP) is 4.09. The van der Waals surface area contributed by atoms with E-state index in [9.17, 15) is 32.4 Å². The lowest BCUT2D eigenvalue weighted by atomic mass is 10.1. The number of sulfonamides is 1. The zero-order valence-corrected chi connectivity index (χ0v) is 34.1. The highest BCUT2D eigenvalue weighted by Crippen LogP contribution is 2.39. The maximum atomic E-state index is 12.5. The van der Waals surface area contributed by atoms with Crippen molar-refractivity contribution in [3.05, 3.63) is 108 Å². The van der Waals surface area contributed by atoms with Gasteiger partial charge in [-0.15, -0.1) is 6.58 Å². The van der Waals surface area contributed by atoms with Gasteiger partial charge >= 0.3 is 6.09 Å². The van der Waals surface area contributed by atoms with Crippen LogP contribution in [0.3, 0.4) is 0 Å². The molecule has 1 aromatic heterocycles. The van der Waals surface area contributed by atoms with Crippen LogP contribution < -0.4 is 31.3 Å². The molecule has 4 unspecified atom stereocenters. The Balaban J connectivity index is 0.000000194. The molecule has 2 aliphatic rings. The lowest BCUT2D eigenvalue weighted by molar-refractivity contribution is -0.139. The second-order valence-corrected chi connectivity index (χ2v) is 16.3. The number of benzene rings is 3. The quantitative estimate of drug-likeness (QED) is 0.144. The van der Waals surface area contributed by atoms with E-state index in [4.69, 9.17) is 15.2 Å². The van der Waals surface area contributed by atoms with E-state index in [0.29, 0.717) is 24.8 Å². The van der Waals surface area contributed by atoms with Crippen molar-refractivity contribution in [2.45, 2.75) is 62.6 Å². The van der Waals surface area contributed by atoms with Gasteiger partial charge in [-0.3, -0.25) is 19.2 Å². The number of hydrogen-bond donors (Lipinski definition) is 5. The number of amides is 4. The molecule has 4 aromatic rings. The van der Waals surface area contributed by atoms with E-state index >= 15 is 0 Å². The fourth-order valence-electron chi connectivity index (χ4n) is 6.12. The average molecular weight is 817 g/mol. The van der Waals surface area contributed by atoms with Crippen LogP contribution in [0.4, 0.5) is 4.79 Å². The van der Waals surface area contributed by atoms with Crippen molar-refractivity contribution in [2.75, 3.05) is 27.2 Å². The van der Waals surface area contributed by atoms with Gasteiger partial charge in [0, 0.05) is 49.3 Å². The molecule has 2 fully saturated rings. The Hall–Kier alpha value is -6.00.